The van der Waals surface area contributed by atoms with Gasteiger partial charge in [-0.3, -0.25) is 4.79 Å². The molecule has 0 aromatic heterocycles. The van der Waals surface area contributed by atoms with E-state index >= 15 is 0 Å². The first-order valence-electron chi connectivity index (χ1n) is 5.60. The van der Waals surface area contributed by atoms with Crippen LogP contribution in [0, 0.1) is 6.92 Å². The highest BCUT2D eigenvalue weighted by atomic mass is 79.9. The number of benzene rings is 2. The van der Waals surface area contributed by atoms with Gasteiger partial charge in [-0.2, -0.15) is 0 Å². The first kappa shape index (κ1) is 13.9. The van der Waals surface area contributed by atoms with Gasteiger partial charge in [-0.1, -0.05) is 17.7 Å². The van der Waals surface area contributed by atoms with Crippen LogP contribution in [0.5, 0.6) is 0 Å². The molecule has 1 amide bonds. The summed E-state index contributed by atoms with van der Waals surface area (Å²) in [6.45, 7) is 1.90. The minimum absolute atomic E-state index is 0.229. The maximum atomic E-state index is 12.1. The Morgan fingerprint density at radius 1 is 1.32 bits per heavy atom. The van der Waals surface area contributed by atoms with Crippen molar-refractivity contribution in [2.24, 2.45) is 0 Å². The molecule has 5 heteroatoms. The lowest BCUT2D eigenvalue weighted by molar-refractivity contribution is 0.102. The highest BCUT2D eigenvalue weighted by Gasteiger charge is 2.10. The summed E-state index contributed by atoms with van der Waals surface area (Å²) in [5.41, 5.74) is 8.27. The summed E-state index contributed by atoms with van der Waals surface area (Å²) in [5, 5.41) is 3.40. The molecule has 0 heterocycles. The van der Waals surface area contributed by atoms with E-state index in [4.69, 9.17) is 17.3 Å². The van der Waals surface area contributed by atoms with Crippen molar-refractivity contribution in [2.75, 3.05) is 11.1 Å². The predicted octanol–water partition coefficient (Wildman–Crippen LogP) is 4.25. The van der Waals surface area contributed by atoms with Gasteiger partial charge < -0.3 is 11.1 Å². The minimum Gasteiger partial charge on any atom is -0.399 e. The van der Waals surface area contributed by atoms with Gasteiger partial charge in [0, 0.05) is 20.7 Å². The zero-order valence-electron chi connectivity index (χ0n) is 10.2. The van der Waals surface area contributed by atoms with Crippen LogP contribution in [0.1, 0.15) is 15.9 Å². The fraction of sp³-hybridized carbons (Fsp3) is 0.0714. The molecule has 2 aromatic rings. The van der Waals surface area contributed by atoms with Crippen molar-refractivity contribution < 1.29 is 4.79 Å². The first-order chi connectivity index (χ1) is 8.97. The van der Waals surface area contributed by atoms with Gasteiger partial charge in [-0.25, -0.2) is 0 Å². The molecule has 0 aliphatic carbocycles. The number of hydrogen-bond donors (Lipinski definition) is 2. The number of nitrogens with two attached hydrogens (primary N) is 1. The molecular weight excluding hydrogens is 328 g/mol. The molecule has 0 aliphatic heterocycles. The van der Waals surface area contributed by atoms with Gasteiger partial charge in [-0.05, 0) is 58.7 Å². The molecule has 0 atom stereocenters. The van der Waals surface area contributed by atoms with Crippen LogP contribution in [-0.2, 0) is 0 Å². The summed E-state index contributed by atoms with van der Waals surface area (Å²) in [6, 6.07) is 10.4. The van der Waals surface area contributed by atoms with E-state index in [1.165, 1.54) is 0 Å². The van der Waals surface area contributed by atoms with Crippen molar-refractivity contribution in [1.82, 2.24) is 0 Å². The van der Waals surface area contributed by atoms with E-state index in [1.807, 2.05) is 13.0 Å². The molecule has 0 fully saturated rings. The molecule has 0 aliphatic rings. The maximum absolute atomic E-state index is 12.1. The average Bonchev–Trinajstić information content (AvgIpc) is 2.36. The Balaban J connectivity index is 2.27. The number of anilines is 2. The maximum Gasteiger partial charge on any atom is 0.255 e. The Kier molecular flexibility index (Phi) is 4.12. The van der Waals surface area contributed by atoms with Crippen LogP contribution in [0.4, 0.5) is 11.4 Å². The van der Waals surface area contributed by atoms with Crippen molar-refractivity contribution in [3.8, 4) is 0 Å². The van der Waals surface area contributed by atoms with Gasteiger partial charge in [-0.15, -0.1) is 0 Å². The number of halogens is 2. The third kappa shape index (κ3) is 3.28. The van der Waals surface area contributed by atoms with E-state index in [9.17, 15) is 4.79 Å². The predicted molar refractivity (Wildman–Crippen MR) is 82.7 cm³/mol. The molecular formula is C14H12BrClN2O. The molecule has 0 saturated carbocycles. The Bertz CT molecular complexity index is 643. The van der Waals surface area contributed by atoms with Gasteiger partial charge >= 0.3 is 0 Å². The lowest BCUT2D eigenvalue weighted by Crippen LogP contribution is -2.12. The third-order valence-electron chi connectivity index (χ3n) is 2.65. The smallest absolute Gasteiger partial charge is 0.255 e. The molecule has 2 rings (SSSR count). The average molecular weight is 340 g/mol. The molecule has 19 heavy (non-hydrogen) atoms. The van der Waals surface area contributed by atoms with Crippen LogP contribution >= 0.6 is 27.5 Å². The monoisotopic (exact) mass is 338 g/mol. The van der Waals surface area contributed by atoms with E-state index in [2.05, 4.69) is 21.2 Å². The fourth-order valence-electron chi connectivity index (χ4n) is 1.62. The Labute approximate surface area is 124 Å². The summed E-state index contributed by atoms with van der Waals surface area (Å²) in [6.07, 6.45) is 0. The topological polar surface area (TPSA) is 55.1 Å². The van der Waals surface area contributed by atoms with Crippen LogP contribution in [0.25, 0.3) is 0 Å². The van der Waals surface area contributed by atoms with Crippen LogP contribution < -0.4 is 11.1 Å². The number of amides is 1. The summed E-state index contributed by atoms with van der Waals surface area (Å²) >= 11 is 9.45. The first-order valence-corrected chi connectivity index (χ1v) is 6.77. The number of carbonyl (C=O) groups is 1. The Morgan fingerprint density at radius 2 is 2.05 bits per heavy atom. The lowest BCUT2D eigenvalue weighted by atomic mass is 10.1. The SMILES string of the molecule is Cc1cc(Br)c(NC(=O)c2cccc(N)c2)cc1Cl. The zero-order valence-corrected chi connectivity index (χ0v) is 12.5. The Hall–Kier alpha value is -1.52. The molecule has 0 spiro atoms. The van der Waals surface area contributed by atoms with E-state index in [1.54, 1.807) is 30.3 Å². The van der Waals surface area contributed by atoms with Gasteiger partial charge in [0.15, 0.2) is 0 Å². The summed E-state index contributed by atoms with van der Waals surface area (Å²) in [5.74, 6) is -0.229. The van der Waals surface area contributed by atoms with Crippen molar-refractivity contribution >= 4 is 44.8 Å². The number of carbonyl (C=O) groups excluding carboxylic acids is 1. The van der Waals surface area contributed by atoms with Crippen molar-refractivity contribution in [3.63, 3.8) is 0 Å². The Morgan fingerprint density at radius 3 is 2.74 bits per heavy atom. The van der Waals surface area contributed by atoms with Crippen LogP contribution in [-0.4, -0.2) is 5.91 Å². The van der Waals surface area contributed by atoms with E-state index in [0.29, 0.717) is 22.0 Å². The number of rotatable bonds is 2. The van der Waals surface area contributed by atoms with Crippen LogP contribution in [0.2, 0.25) is 5.02 Å². The van der Waals surface area contributed by atoms with Crippen LogP contribution in [0.3, 0.4) is 0 Å². The molecule has 0 bridgehead atoms. The molecule has 2 aromatic carbocycles. The van der Waals surface area contributed by atoms with Gasteiger partial charge in [0.25, 0.3) is 5.91 Å². The van der Waals surface area contributed by atoms with E-state index < -0.39 is 0 Å². The highest BCUT2D eigenvalue weighted by molar-refractivity contribution is 9.10. The summed E-state index contributed by atoms with van der Waals surface area (Å²) in [4.78, 5) is 12.1. The second kappa shape index (κ2) is 5.63. The van der Waals surface area contributed by atoms with Gasteiger partial charge in [0.2, 0.25) is 0 Å². The van der Waals surface area contributed by atoms with Crippen molar-refractivity contribution in [3.05, 3.63) is 57.0 Å². The highest BCUT2D eigenvalue weighted by Crippen LogP contribution is 2.29. The standard InChI is InChI=1S/C14H12BrClN2O/c1-8-5-11(15)13(7-12(8)16)18-14(19)9-3-2-4-10(17)6-9/h2-7H,17H2,1H3,(H,18,19). The number of nitrogens with one attached hydrogen (secondary N) is 1. The largest absolute Gasteiger partial charge is 0.399 e. The molecule has 3 N–H and O–H groups in total. The quantitative estimate of drug-likeness (QED) is 0.804. The molecule has 0 saturated heterocycles. The second-order valence-corrected chi connectivity index (χ2v) is 5.42. The van der Waals surface area contributed by atoms with Crippen molar-refractivity contribution in [2.45, 2.75) is 6.92 Å². The van der Waals surface area contributed by atoms with E-state index in [0.717, 1.165) is 10.0 Å². The van der Waals surface area contributed by atoms with Gasteiger partial charge in [0.05, 0.1) is 5.69 Å². The molecule has 3 nitrogen and oxygen atoms in total. The summed E-state index contributed by atoms with van der Waals surface area (Å²) < 4.78 is 0.784. The van der Waals surface area contributed by atoms with Crippen molar-refractivity contribution in [1.29, 1.82) is 0 Å². The van der Waals surface area contributed by atoms with Gasteiger partial charge in [0.1, 0.15) is 0 Å². The minimum atomic E-state index is -0.229. The second-order valence-electron chi connectivity index (χ2n) is 4.16. The molecule has 98 valence electrons. The molecule has 0 unspecified atom stereocenters. The van der Waals surface area contributed by atoms with Crippen LogP contribution in [0.15, 0.2) is 40.9 Å². The fourth-order valence-corrected chi connectivity index (χ4v) is 2.34. The lowest BCUT2D eigenvalue weighted by Gasteiger charge is -2.10. The third-order valence-corrected chi connectivity index (χ3v) is 3.71. The number of aryl methyl sites for hydroxylation is 1. The summed E-state index contributed by atoms with van der Waals surface area (Å²) in [7, 11) is 0. The van der Waals surface area contributed by atoms with E-state index in [-0.39, 0.29) is 5.91 Å². The normalized spacial score (nSPS) is 10.3. The number of nitrogen functional groups attached to an aromatic ring is 1. The molecule has 0 radical (unpaired) electrons. The number of hydrogen-bond acceptors (Lipinski definition) is 2. The zero-order chi connectivity index (χ0) is 14.0.